The maximum absolute atomic E-state index is 11.8. The molecule has 1 fully saturated rings. The number of rotatable bonds is 4. The first-order chi connectivity index (χ1) is 8.68. The van der Waals surface area contributed by atoms with Crippen LogP contribution in [0.5, 0.6) is 0 Å². The minimum absolute atomic E-state index is 0.0279. The molecule has 5 heteroatoms. The summed E-state index contributed by atoms with van der Waals surface area (Å²) in [5, 5.41) is 7.21. The molecule has 0 radical (unpaired) electrons. The molecular formula is C13H16Cl2N2O. The Hall–Kier alpha value is -0.770. The summed E-state index contributed by atoms with van der Waals surface area (Å²) in [6.45, 7) is 1.51. The number of halogens is 2. The first kappa shape index (κ1) is 13.7. The molecule has 0 aliphatic carbocycles. The molecule has 0 saturated carbocycles. The third-order valence-electron chi connectivity index (χ3n) is 3.10. The topological polar surface area (TPSA) is 41.1 Å². The van der Waals surface area contributed by atoms with Crippen LogP contribution in [-0.2, 0) is 11.2 Å². The zero-order chi connectivity index (χ0) is 13.0. The summed E-state index contributed by atoms with van der Waals surface area (Å²) in [5.41, 5.74) is 0.962. The van der Waals surface area contributed by atoms with E-state index in [0.717, 1.165) is 24.9 Å². The lowest BCUT2D eigenvalue weighted by atomic mass is 10.1. The van der Waals surface area contributed by atoms with Crippen LogP contribution < -0.4 is 10.6 Å². The van der Waals surface area contributed by atoms with Gasteiger partial charge in [0.1, 0.15) is 0 Å². The second-order valence-electron chi connectivity index (χ2n) is 4.40. The van der Waals surface area contributed by atoms with E-state index >= 15 is 0 Å². The standard InChI is InChI=1S/C13H16Cl2N2O/c14-10-4-1-3-9(12(10)15)6-8-17-13(18)11-5-2-7-16-11/h1,3-4,11,16H,2,5-8H2,(H,17,18). The van der Waals surface area contributed by atoms with Crippen LogP contribution in [0.4, 0.5) is 0 Å². The minimum Gasteiger partial charge on any atom is -0.354 e. The Balaban J connectivity index is 1.81. The number of amides is 1. The van der Waals surface area contributed by atoms with Gasteiger partial charge in [-0.15, -0.1) is 0 Å². The van der Waals surface area contributed by atoms with Gasteiger partial charge in [-0.25, -0.2) is 0 Å². The molecule has 1 unspecified atom stereocenters. The van der Waals surface area contributed by atoms with Gasteiger partial charge < -0.3 is 10.6 Å². The Morgan fingerprint density at radius 2 is 2.28 bits per heavy atom. The average molecular weight is 287 g/mol. The third kappa shape index (κ3) is 3.37. The van der Waals surface area contributed by atoms with Crippen LogP contribution in [0, 0.1) is 0 Å². The Morgan fingerprint density at radius 1 is 1.44 bits per heavy atom. The van der Waals surface area contributed by atoms with E-state index in [-0.39, 0.29) is 11.9 Å². The molecule has 1 aromatic rings. The Bertz CT molecular complexity index is 431. The molecular weight excluding hydrogens is 271 g/mol. The second kappa shape index (κ2) is 6.41. The molecule has 2 rings (SSSR count). The highest BCUT2D eigenvalue weighted by atomic mass is 35.5. The SMILES string of the molecule is O=C(NCCc1cccc(Cl)c1Cl)C1CCCN1. The number of hydrogen-bond acceptors (Lipinski definition) is 2. The highest BCUT2D eigenvalue weighted by Crippen LogP contribution is 2.25. The minimum atomic E-state index is -0.0279. The van der Waals surface area contributed by atoms with Crippen molar-refractivity contribution in [2.45, 2.75) is 25.3 Å². The number of hydrogen-bond donors (Lipinski definition) is 2. The molecule has 0 spiro atoms. The highest BCUT2D eigenvalue weighted by Gasteiger charge is 2.21. The maximum atomic E-state index is 11.8. The molecule has 1 amide bonds. The first-order valence-corrected chi connectivity index (χ1v) is 6.88. The van der Waals surface area contributed by atoms with Crippen molar-refractivity contribution in [1.29, 1.82) is 0 Å². The van der Waals surface area contributed by atoms with Crippen molar-refractivity contribution in [3.05, 3.63) is 33.8 Å². The van der Waals surface area contributed by atoms with Crippen molar-refractivity contribution >= 4 is 29.1 Å². The number of benzene rings is 1. The van der Waals surface area contributed by atoms with E-state index in [0.29, 0.717) is 23.0 Å². The Labute approximate surface area is 117 Å². The quantitative estimate of drug-likeness (QED) is 0.893. The molecule has 1 saturated heterocycles. The fraction of sp³-hybridized carbons (Fsp3) is 0.462. The first-order valence-electron chi connectivity index (χ1n) is 6.12. The summed E-state index contributed by atoms with van der Waals surface area (Å²) in [4.78, 5) is 11.8. The van der Waals surface area contributed by atoms with E-state index in [1.807, 2.05) is 12.1 Å². The van der Waals surface area contributed by atoms with E-state index in [1.54, 1.807) is 6.07 Å². The Morgan fingerprint density at radius 3 is 3.00 bits per heavy atom. The smallest absolute Gasteiger partial charge is 0.237 e. The molecule has 18 heavy (non-hydrogen) atoms. The molecule has 1 aromatic carbocycles. The normalized spacial score (nSPS) is 18.9. The predicted molar refractivity (Wildman–Crippen MR) is 74.2 cm³/mol. The van der Waals surface area contributed by atoms with Crippen LogP contribution >= 0.6 is 23.2 Å². The van der Waals surface area contributed by atoms with Crippen molar-refractivity contribution in [3.63, 3.8) is 0 Å². The van der Waals surface area contributed by atoms with Gasteiger partial charge in [0.15, 0.2) is 0 Å². The van der Waals surface area contributed by atoms with Crippen molar-refractivity contribution in [2.24, 2.45) is 0 Å². The summed E-state index contributed by atoms with van der Waals surface area (Å²) in [6, 6.07) is 5.52. The van der Waals surface area contributed by atoms with Gasteiger partial charge in [0.25, 0.3) is 0 Å². The van der Waals surface area contributed by atoms with Crippen molar-refractivity contribution in [1.82, 2.24) is 10.6 Å². The van der Waals surface area contributed by atoms with E-state index in [9.17, 15) is 4.79 Å². The molecule has 1 aliphatic heterocycles. The number of carbonyl (C=O) groups is 1. The fourth-order valence-electron chi connectivity index (χ4n) is 2.09. The van der Waals surface area contributed by atoms with E-state index in [1.165, 1.54) is 0 Å². The number of carbonyl (C=O) groups excluding carboxylic acids is 1. The van der Waals surface area contributed by atoms with E-state index in [2.05, 4.69) is 10.6 Å². The molecule has 1 aliphatic rings. The lowest BCUT2D eigenvalue weighted by Gasteiger charge is -2.11. The van der Waals surface area contributed by atoms with E-state index < -0.39 is 0 Å². The summed E-state index contributed by atoms with van der Waals surface area (Å²) in [7, 11) is 0. The summed E-state index contributed by atoms with van der Waals surface area (Å²) < 4.78 is 0. The Kier molecular flexibility index (Phi) is 4.87. The van der Waals surface area contributed by atoms with Gasteiger partial charge in [0.2, 0.25) is 5.91 Å². The lowest BCUT2D eigenvalue weighted by molar-refractivity contribution is -0.122. The average Bonchev–Trinajstić information content (AvgIpc) is 2.88. The van der Waals surface area contributed by atoms with Gasteiger partial charge >= 0.3 is 0 Å². The van der Waals surface area contributed by atoms with Crippen molar-refractivity contribution in [3.8, 4) is 0 Å². The lowest BCUT2D eigenvalue weighted by Crippen LogP contribution is -2.41. The molecule has 1 atom stereocenters. The van der Waals surface area contributed by atoms with Crippen LogP contribution in [0.1, 0.15) is 18.4 Å². The van der Waals surface area contributed by atoms with E-state index in [4.69, 9.17) is 23.2 Å². The van der Waals surface area contributed by atoms with Crippen LogP contribution in [0.15, 0.2) is 18.2 Å². The fourth-order valence-corrected chi connectivity index (χ4v) is 2.51. The van der Waals surface area contributed by atoms with Gasteiger partial charge in [-0.3, -0.25) is 4.79 Å². The van der Waals surface area contributed by atoms with Gasteiger partial charge in [-0.1, -0.05) is 35.3 Å². The highest BCUT2D eigenvalue weighted by molar-refractivity contribution is 6.42. The third-order valence-corrected chi connectivity index (χ3v) is 3.96. The second-order valence-corrected chi connectivity index (χ2v) is 5.19. The number of nitrogens with one attached hydrogen (secondary N) is 2. The van der Waals surface area contributed by atoms with Crippen LogP contribution in [0.3, 0.4) is 0 Å². The van der Waals surface area contributed by atoms with Crippen molar-refractivity contribution in [2.75, 3.05) is 13.1 Å². The summed E-state index contributed by atoms with van der Waals surface area (Å²) in [6.07, 6.45) is 2.68. The molecule has 98 valence electrons. The zero-order valence-corrected chi connectivity index (χ0v) is 11.5. The van der Waals surface area contributed by atoms with Gasteiger partial charge in [-0.05, 0) is 37.4 Å². The molecule has 0 bridgehead atoms. The monoisotopic (exact) mass is 286 g/mol. The van der Waals surface area contributed by atoms with Gasteiger partial charge in [0, 0.05) is 6.54 Å². The van der Waals surface area contributed by atoms with Crippen LogP contribution in [0.25, 0.3) is 0 Å². The predicted octanol–water partition coefficient (Wildman–Crippen LogP) is 2.40. The largest absolute Gasteiger partial charge is 0.354 e. The maximum Gasteiger partial charge on any atom is 0.237 e. The summed E-state index contributed by atoms with van der Waals surface area (Å²) >= 11 is 12.0. The molecule has 2 N–H and O–H groups in total. The van der Waals surface area contributed by atoms with Crippen LogP contribution in [-0.4, -0.2) is 25.0 Å². The zero-order valence-electron chi connectivity index (χ0n) is 10.0. The summed E-state index contributed by atoms with van der Waals surface area (Å²) in [5.74, 6) is 0.0747. The van der Waals surface area contributed by atoms with Crippen molar-refractivity contribution < 1.29 is 4.79 Å². The van der Waals surface area contributed by atoms with Crippen LogP contribution in [0.2, 0.25) is 10.0 Å². The molecule has 1 heterocycles. The van der Waals surface area contributed by atoms with Gasteiger partial charge in [0.05, 0.1) is 16.1 Å². The van der Waals surface area contributed by atoms with Gasteiger partial charge in [-0.2, -0.15) is 0 Å². The molecule has 0 aromatic heterocycles. The molecule has 3 nitrogen and oxygen atoms in total.